The Bertz CT molecular complexity index is 341. The van der Waals surface area contributed by atoms with Crippen LogP contribution in [0, 0.1) is 24.0 Å². The van der Waals surface area contributed by atoms with Crippen LogP contribution in [0.15, 0.2) is 18.2 Å². The van der Waals surface area contributed by atoms with E-state index in [1.807, 2.05) is 5.92 Å². The number of halogens is 2. The van der Waals surface area contributed by atoms with Gasteiger partial charge < -0.3 is 5.11 Å². The molecule has 1 atom stereocenters. The maximum atomic E-state index is 12.9. The van der Waals surface area contributed by atoms with E-state index in [2.05, 4.69) is 0 Å². The monoisotopic (exact) mass is 182 g/mol. The molecule has 0 bridgehead atoms. The topological polar surface area (TPSA) is 20.2 Å². The van der Waals surface area contributed by atoms with Crippen molar-refractivity contribution >= 4 is 0 Å². The lowest BCUT2D eigenvalue weighted by atomic mass is 10.1. The molecule has 0 aromatic heterocycles. The minimum absolute atomic E-state index is 0.0694. The highest BCUT2D eigenvalue weighted by Gasteiger charge is 2.10. The SMILES string of the molecule is C#CC(O)Cc1cccc(F)c1F. The van der Waals surface area contributed by atoms with Crippen molar-refractivity contribution in [2.45, 2.75) is 12.5 Å². The van der Waals surface area contributed by atoms with E-state index in [4.69, 9.17) is 11.5 Å². The van der Waals surface area contributed by atoms with E-state index in [0.717, 1.165) is 6.07 Å². The molecule has 1 rings (SSSR count). The van der Waals surface area contributed by atoms with Gasteiger partial charge in [-0.25, -0.2) is 8.78 Å². The van der Waals surface area contributed by atoms with Crippen LogP contribution in [0.2, 0.25) is 0 Å². The molecule has 0 saturated carbocycles. The van der Waals surface area contributed by atoms with Gasteiger partial charge in [-0.2, -0.15) is 0 Å². The highest BCUT2D eigenvalue weighted by Crippen LogP contribution is 2.12. The number of terminal acetylenes is 1. The highest BCUT2D eigenvalue weighted by atomic mass is 19.2. The van der Waals surface area contributed by atoms with Gasteiger partial charge in [0.05, 0.1) is 0 Å². The molecule has 1 aromatic rings. The molecule has 0 aliphatic heterocycles. The average molecular weight is 182 g/mol. The predicted molar refractivity (Wildman–Crippen MR) is 44.9 cm³/mol. The lowest BCUT2D eigenvalue weighted by molar-refractivity contribution is 0.231. The molecule has 1 unspecified atom stereocenters. The summed E-state index contributed by atoms with van der Waals surface area (Å²) in [4.78, 5) is 0. The van der Waals surface area contributed by atoms with Gasteiger partial charge in [0, 0.05) is 6.42 Å². The molecule has 0 heterocycles. The number of hydrogen-bond acceptors (Lipinski definition) is 1. The Labute approximate surface area is 75.0 Å². The van der Waals surface area contributed by atoms with Gasteiger partial charge >= 0.3 is 0 Å². The van der Waals surface area contributed by atoms with Crippen LogP contribution < -0.4 is 0 Å². The van der Waals surface area contributed by atoms with Crippen molar-refractivity contribution in [3.63, 3.8) is 0 Å². The molecule has 68 valence electrons. The van der Waals surface area contributed by atoms with Crippen LogP contribution in [0.1, 0.15) is 5.56 Å². The summed E-state index contributed by atoms with van der Waals surface area (Å²) in [5, 5.41) is 9.00. The molecule has 0 aliphatic rings. The molecule has 13 heavy (non-hydrogen) atoms. The van der Waals surface area contributed by atoms with Gasteiger partial charge in [0.25, 0.3) is 0 Å². The zero-order chi connectivity index (χ0) is 9.84. The van der Waals surface area contributed by atoms with Crippen molar-refractivity contribution in [1.29, 1.82) is 0 Å². The van der Waals surface area contributed by atoms with Gasteiger partial charge in [-0.15, -0.1) is 6.42 Å². The summed E-state index contributed by atoms with van der Waals surface area (Å²) in [5.74, 6) is 0.150. The molecule has 1 aromatic carbocycles. The number of aliphatic hydroxyl groups excluding tert-OH is 1. The minimum atomic E-state index is -1.07. The summed E-state index contributed by atoms with van der Waals surface area (Å²) in [7, 11) is 0. The van der Waals surface area contributed by atoms with Crippen LogP contribution in [0.5, 0.6) is 0 Å². The molecule has 0 spiro atoms. The molecule has 3 heteroatoms. The summed E-state index contributed by atoms with van der Waals surface area (Å²) in [6.45, 7) is 0. The molecular weight excluding hydrogens is 174 g/mol. The van der Waals surface area contributed by atoms with Crippen LogP contribution in [-0.2, 0) is 6.42 Å². The third kappa shape index (κ3) is 2.27. The van der Waals surface area contributed by atoms with Crippen molar-refractivity contribution in [1.82, 2.24) is 0 Å². The Morgan fingerprint density at radius 2 is 2.15 bits per heavy atom. The van der Waals surface area contributed by atoms with Gasteiger partial charge in [0.2, 0.25) is 0 Å². The number of aliphatic hydroxyl groups is 1. The zero-order valence-corrected chi connectivity index (χ0v) is 6.80. The molecule has 0 radical (unpaired) electrons. The summed E-state index contributed by atoms with van der Waals surface area (Å²) in [5.41, 5.74) is 0.0884. The lowest BCUT2D eigenvalue weighted by Gasteiger charge is -2.04. The van der Waals surface area contributed by atoms with Crippen molar-refractivity contribution in [2.75, 3.05) is 0 Å². The fourth-order valence-electron chi connectivity index (χ4n) is 0.973. The van der Waals surface area contributed by atoms with Gasteiger partial charge in [-0.3, -0.25) is 0 Å². The largest absolute Gasteiger partial charge is 0.380 e. The Morgan fingerprint density at radius 3 is 2.77 bits per heavy atom. The van der Waals surface area contributed by atoms with E-state index in [0.29, 0.717) is 0 Å². The second-order valence-electron chi connectivity index (χ2n) is 2.60. The molecule has 0 aliphatic carbocycles. The lowest BCUT2D eigenvalue weighted by Crippen LogP contribution is -2.08. The van der Waals surface area contributed by atoms with Crippen LogP contribution in [0.4, 0.5) is 8.78 Å². The first-order chi connectivity index (χ1) is 6.15. The second kappa shape index (κ2) is 4.01. The first-order valence-electron chi connectivity index (χ1n) is 3.72. The van der Waals surface area contributed by atoms with Crippen LogP contribution in [0.25, 0.3) is 0 Å². The van der Waals surface area contributed by atoms with Gasteiger partial charge in [0.15, 0.2) is 11.6 Å². The maximum absolute atomic E-state index is 12.9. The number of benzene rings is 1. The maximum Gasteiger partial charge on any atom is 0.162 e. The normalized spacial score (nSPS) is 12.2. The summed E-state index contributed by atoms with van der Waals surface area (Å²) < 4.78 is 25.6. The Balaban J connectivity index is 2.90. The average Bonchev–Trinajstić information content (AvgIpc) is 2.13. The van der Waals surface area contributed by atoms with Crippen molar-refractivity contribution in [3.05, 3.63) is 35.4 Å². The van der Waals surface area contributed by atoms with E-state index in [9.17, 15) is 8.78 Å². The Kier molecular flexibility index (Phi) is 2.99. The molecule has 0 fully saturated rings. The van der Waals surface area contributed by atoms with E-state index in [-0.39, 0.29) is 12.0 Å². The standard InChI is InChI=1S/C10H8F2O/c1-2-8(13)6-7-4-3-5-9(11)10(7)12/h1,3-5,8,13H,6H2. The van der Waals surface area contributed by atoms with Crippen LogP contribution in [-0.4, -0.2) is 11.2 Å². The first-order valence-corrected chi connectivity index (χ1v) is 3.72. The van der Waals surface area contributed by atoms with E-state index in [1.54, 1.807) is 0 Å². The number of hydrogen-bond donors (Lipinski definition) is 1. The zero-order valence-electron chi connectivity index (χ0n) is 6.80. The predicted octanol–water partition coefficient (Wildman–Crippen LogP) is 1.50. The van der Waals surface area contributed by atoms with Gasteiger partial charge in [-0.1, -0.05) is 18.1 Å². The van der Waals surface area contributed by atoms with Crippen molar-refractivity contribution in [3.8, 4) is 12.3 Å². The van der Waals surface area contributed by atoms with Crippen molar-refractivity contribution < 1.29 is 13.9 Å². The fraction of sp³-hybridized carbons (Fsp3) is 0.200. The quantitative estimate of drug-likeness (QED) is 0.687. The Hall–Kier alpha value is -1.40. The summed E-state index contributed by atoms with van der Waals surface area (Å²) >= 11 is 0. The molecule has 1 N–H and O–H groups in total. The molecule has 0 saturated heterocycles. The van der Waals surface area contributed by atoms with Gasteiger partial charge in [0.1, 0.15) is 6.10 Å². The third-order valence-electron chi connectivity index (χ3n) is 1.64. The molecule has 1 nitrogen and oxygen atoms in total. The van der Waals surface area contributed by atoms with E-state index in [1.165, 1.54) is 12.1 Å². The minimum Gasteiger partial charge on any atom is -0.380 e. The second-order valence-corrected chi connectivity index (χ2v) is 2.60. The van der Waals surface area contributed by atoms with Crippen molar-refractivity contribution in [2.24, 2.45) is 0 Å². The Morgan fingerprint density at radius 1 is 1.46 bits per heavy atom. The summed E-state index contributed by atoms with van der Waals surface area (Å²) in [6.07, 6.45) is 3.75. The smallest absolute Gasteiger partial charge is 0.162 e. The molecule has 0 amide bonds. The molecular formula is C10H8F2O. The van der Waals surface area contributed by atoms with Crippen LogP contribution >= 0.6 is 0 Å². The van der Waals surface area contributed by atoms with E-state index >= 15 is 0 Å². The highest BCUT2D eigenvalue weighted by molar-refractivity contribution is 5.21. The summed E-state index contributed by atoms with van der Waals surface area (Å²) in [6, 6.07) is 3.77. The van der Waals surface area contributed by atoms with Gasteiger partial charge in [-0.05, 0) is 11.6 Å². The van der Waals surface area contributed by atoms with E-state index < -0.39 is 17.7 Å². The first kappa shape index (κ1) is 9.69. The number of rotatable bonds is 2. The van der Waals surface area contributed by atoms with Crippen LogP contribution in [0.3, 0.4) is 0 Å². The fourth-order valence-corrected chi connectivity index (χ4v) is 0.973. The third-order valence-corrected chi connectivity index (χ3v) is 1.64.